The molecule has 0 spiro atoms. The lowest BCUT2D eigenvalue weighted by Crippen LogP contribution is -2.62. The number of fused-ring (bicyclic) bond motifs is 2. The minimum Gasteiger partial charge on any atom is -0.394 e. The summed E-state index contributed by atoms with van der Waals surface area (Å²) in [6.45, 7) is 10.7. The molecule has 5 aliphatic rings. The third-order valence-electron chi connectivity index (χ3n) is 13.3. The Morgan fingerprint density at radius 2 is 1.78 bits per heavy atom. The molecule has 2 aliphatic heterocycles. The van der Waals surface area contributed by atoms with E-state index in [9.17, 15) is 19.8 Å². The maximum atomic E-state index is 14.3. The summed E-state index contributed by atoms with van der Waals surface area (Å²) in [4.78, 5) is 38.8. The van der Waals surface area contributed by atoms with Crippen LogP contribution in [0, 0.1) is 29.1 Å². The first-order valence-electron chi connectivity index (χ1n) is 19.9. The normalized spacial score (nSPS) is 29.7. The van der Waals surface area contributed by atoms with E-state index < -0.39 is 24.2 Å². The van der Waals surface area contributed by atoms with Crippen molar-refractivity contribution >= 4 is 17.5 Å². The molecule has 5 fully saturated rings. The molecular formula is C44H59N5O5. The summed E-state index contributed by atoms with van der Waals surface area (Å²) in [5.41, 5.74) is 5.85. The predicted octanol–water partition coefficient (Wildman–Crippen LogP) is 4.74. The lowest BCUT2D eigenvalue weighted by molar-refractivity contribution is -0.183. The number of carbonyl (C=O) groups is 2. The molecule has 3 aromatic carbocycles. The topological polar surface area (TPSA) is 118 Å². The lowest BCUT2D eigenvalue weighted by atomic mass is 9.45. The minimum absolute atomic E-state index is 0.0187. The summed E-state index contributed by atoms with van der Waals surface area (Å²) in [7, 11) is 3.97. The highest BCUT2D eigenvalue weighted by Gasteiger charge is 2.57. The third kappa shape index (κ3) is 7.56. The lowest BCUT2D eigenvalue weighted by Gasteiger charge is -2.62. The van der Waals surface area contributed by atoms with E-state index >= 15 is 0 Å². The highest BCUT2D eigenvalue weighted by molar-refractivity contribution is 5.97. The number of nitrogens with one attached hydrogen (secondary N) is 2. The van der Waals surface area contributed by atoms with Crippen molar-refractivity contribution in [3.05, 3.63) is 89.5 Å². The Morgan fingerprint density at radius 3 is 2.46 bits per heavy atom. The first-order valence-corrected chi connectivity index (χ1v) is 19.9. The van der Waals surface area contributed by atoms with E-state index in [0.717, 1.165) is 48.3 Å². The molecule has 54 heavy (non-hydrogen) atoms. The van der Waals surface area contributed by atoms with E-state index in [1.54, 1.807) is 12.0 Å². The van der Waals surface area contributed by atoms with E-state index in [4.69, 9.17) is 4.84 Å². The second kappa shape index (κ2) is 15.7. The Hall–Kier alpha value is -3.80. The Morgan fingerprint density at radius 1 is 1.02 bits per heavy atom. The van der Waals surface area contributed by atoms with Gasteiger partial charge in [0.2, 0.25) is 5.91 Å². The van der Waals surface area contributed by atoms with Gasteiger partial charge in [0.25, 0.3) is 5.91 Å². The van der Waals surface area contributed by atoms with Gasteiger partial charge in [0.1, 0.15) is 12.1 Å². The maximum absolute atomic E-state index is 14.3. The largest absolute Gasteiger partial charge is 0.394 e. The van der Waals surface area contributed by atoms with E-state index in [1.807, 2.05) is 72.4 Å². The highest BCUT2D eigenvalue weighted by atomic mass is 16.7. The number of nitrogens with zero attached hydrogens (tertiary/aromatic N) is 3. The van der Waals surface area contributed by atoms with Crippen molar-refractivity contribution in [3.63, 3.8) is 0 Å². The van der Waals surface area contributed by atoms with Crippen molar-refractivity contribution in [1.29, 1.82) is 0 Å². The van der Waals surface area contributed by atoms with Crippen molar-refractivity contribution < 1.29 is 24.6 Å². The molecule has 0 unspecified atom stereocenters. The number of anilines is 1. The van der Waals surface area contributed by atoms with Gasteiger partial charge in [0, 0.05) is 63.0 Å². The fourth-order valence-electron chi connectivity index (χ4n) is 9.94. The van der Waals surface area contributed by atoms with Gasteiger partial charge in [0.15, 0.2) is 0 Å². The molecule has 3 aliphatic carbocycles. The Balaban J connectivity index is 1.13. The van der Waals surface area contributed by atoms with Gasteiger partial charge in [-0.3, -0.25) is 14.4 Å². The van der Waals surface area contributed by atoms with E-state index in [0.29, 0.717) is 35.3 Å². The predicted molar refractivity (Wildman–Crippen MR) is 212 cm³/mol. The zero-order valence-electron chi connectivity index (χ0n) is 32.7. The summed E-state index contributed by atoms with van der Waals surface area (Å²) < 4.78 is 0. The maximum Gasteiger partial charge on any atom is 0.254 e. The van der Waals surface area contributed by atoms with Gasteiger partial charge >= 0.3 is 0 Å². The van der Waals surface area contributed by atoms with Gasteiger partial charge < -0.3 is 30.6 Å². The van der Waals surface area contributed by atoms with Crippen molar-refractivity contribution in [2.24, 2.45) is 29.1 Å². The number of piperazine rings is 1. The van der Waals surface area contributed by atoms with Crippen molar-refractivity contribution in [3.8, 4) is 11.1 Å². The molecule has 3 saturated carbocycles. The van der Waals surface area contributed by atoms with Crippen LogP contribution in [0.1, 0.15) is 62.0 Å². The van der Waals surface area contributed by atoms with E-state index in [-0.39, 0.29) is 37.0 Å². The molecule has 2 amide bonds. The second-order valence-corrected chi connectivity index (χ2v) is 17.1. The first-order chi connectivity index (χ1) is 25.8. The molecule has 10 heteroatoms. The minimum atomic E-state index is -0.863. The standard InChI is InChI=1S/C44H59N5O5/c1-27-37-22-34(44(37,3)4)23-38(27)46-42(52)41-40(28(2)51)39(26-50)54-49(41)25-30-13-10-14-31(17-30)32-19-33(21-35(20-32)47(5)6)43(53)48-16-15-45-24-36(48)18-29-11-8-7-9-12-29/h7-14,17,19-21,27-28,34,36-41,45,50-51H,15-16,18,22-26H2,1-6H3,(H,46,52)/t27-,28-,34+,36-,37-,38-,39-,40+,41-/m0/s1. The fourth-order valence-corrected chi connectivity index (χ4v) is 9.94. The molecule has 4 N–H and O–H groups in total. The van der Waals surface area contributed by atoms with Crippen molar-refractivity contribution in [2.75, 3.05) is 45.2 Å². The number of hydrogen-bond donors (Lipinski definition) is 4. The molecule has 9 atom stereocenters. The summed E-state index contributed by atoms with van der Waals surface area (Å²) in [6.07, 6.45) is 1.38. The number of amides is 2. The highest BCUT2D eigenvalue weighted by Crippen LogP contribution is 2.61. The monoisotopic (exact) mass is 737 g/mol. The van der Waals surface area contributed by atoms with Crippen molar-refractivity contribution in [1.82, 2.24) is 20.6 Å². The number of aliphatic hydroxyl groups excluding tert-OH is 2. The van der Waals surface area contributed by atoms with Gasteiger partial charge in [-0.2, -0.15) is 5.06 Å². The zero-order valence-corrected chi connectivity index (χ0v) is 32.7. The average molecular weight is 738 g/mol. The number of hydroxylamine groups is 2. The molecular weight excluding hydrogens is 679 g/mol. The molecule has 0 radical (unpaired) electrons. The molecule has 2 bridgehead atoms. The van der Waals surface area contributed by atoms with Crippen LogP contribution in [0.15, 0.2) is 72.8 Å². The number of hydrogen-bond acceptors (Lipinski definition) is 8. The Labute approximate surface area is 320 Å². The molecule has 2 saturated heterocycles. The van der Waals surface area contributed by atoms with Crippen molar-refractivity contribution in [2.45, 2.75) is 83.8 Å². The van der Waals surface area contributed by atoms with E-state index in [1.165, 1.54) is 12.0 Å². The molecule has 8 rings (SSSR count). The summed E-state index contributed by atoms with van der Waals surface area (Å²) in [6, 6.07) is 23.8. The third-order valence-corrected chi connectivity index (χ3v) is 13.3. The summed E-state index contributed by atoms with van der Waals surface area (Å²) >= 11 is 0. The summed E-state index contributed by atoms with van der Waals surface area (Å²) in [5, 5.41) is 29.7. The van der Waals surface area contributed by atoms with Gasteiger partial charge in [0.05, 0.1) is 19.3 Å². The quantitative estimate of drug-likeness (QED) is 0.223. The van der Waals surface area contributed by atoms with Gasteiger partial charge in [-0.25, -0.2) is 0 Å². The van der Waals surface area contributed by atoms with Gasteiger partial charge in [-0.05, 0) is 95.9 Å². The van der Waals surface area contributed by atoms with Crippen LogP contribution in [-0.2, 0) is 22.6 Å². The van der Waals surface area contributed by atoms with Gasteiger partial charge in [-0.15, -0.1) is 0 Å². The Bertz CT molecular complexity index is 1800. The zero-order chi connectivity index (χ0) is 38.3. The number of benzene rings is 3. The van der Waals surface area contributed by atoms with Crippen LogP contribution in [-0.4, -0.2) is 103 Å². The molecule has 10 nitrogen and oxygen atoms in total. The molecule has 290 valence electrons. The average Bonchev–Trinajstić information content (AvgIpc) is 3.54. The second-order valence-electron chi connectivity index (χ2n) is 17.1. The van der Waals surface area contributed by atoms with Gasteiger partial charge in [-0.1, -0.05) is 69.3 Å². The molecule has 3 aromatic rings. The van der Waals surface area contributed by atoms with E-state index in [2.05, 4.69) is 55.7 Å². The smallest absolute Gasteiger partial charge is 0.254 e. The summed E-state index contributed by atoms with van der Waals surface area (Å²) in [5.74, 6) is 0.789. The van der Waals surface area contributed by atoms with Crippen LogP contribution >= 0.6 is 0 Å². The van der Waals surface area contributed by atoms with Crippen LogP contribution < -0.4 is 15.5 Å². The number of carbonyl (C=O) groups excluding carboxylic acids is 2. The fraction of sp³-hybridized carbons (Fsp3) is 0.545. The van der Waals surface area contributed by atoms with Crippen LogP contribution in [0.4, 0.5) is 5.69 Å². The number of aliphatic hydroxyl groups is 2. The molecule has 0 aromatic heterocycles. The number of rotatable bonds is 11. The van der Waals surface area contributed by atoms with Crippen LogP contribution in [0.25, 0.3) is 11.1 Å². The van der Waals surface area contributed by atoms with Crippen LogP contribution in [0.3, 0.4) is 0 Å². The molecule has 2 heterocycles. The SMILES string of the molecule is C[C@@H]1[C@@H](NC(=O)[C@@H]2[C@H]([C@H](C)O)[C@H](CO)ON2Cc2cccc(-c3cc(C(=O)N4CCNC[C@@H]4Cc4ccccc4)cc(N(C)C)c3)c2)C[C@H]2C[C@@H]1C2(C)C. The Kier molecular flexibility index (Phi) is 11.2. The van der Waals surface area contributed by atoms with Crippen LogP contribution in [0.5, 0.6) is 0 Å². The first kappa shape index (κ1) is 38.5. The van der Waals surface area contributed by atoms with Crippen LogP contribution in [0.2, 0.25) is 0 Å².